The maximum absolute atomic E-state index is 12.7. The maximum atomic E-state index is 12.7. The van der Waals surface area contributed by atoms with Crippen LogP contribution in [0.4, 0.5) is 5.69 Å². The van der Waals surface area contributed by atoms with Gasteiger partial charge in [-0.05, 0) is 122 Å². The highest BCUT2D eigenvalue weighted by Crippen LogP contribution is 2.86. The normalized spacial score (nSPS) is 51.6. The molecule has 0 saturated heterocycles. The third-order valence-corrected chi connectivity index (χ3v) is 17.8. The summed E-state index contributed by atoms with van der Waals surface area (Å²) in [6, 6.07) is 7.20. The van der Waals surface area contributed by atoms with Gasteiger partial charge in [-0.1, -0.05) is 54.5 Å². The lowest BCUT2D eigenvalue weighted by molar-refractivity contribution is -0.181. The predicted molar refractivity (Wildman–Crippen MR) is 176 cm³/mol. The number of aliphatic hydroxyl groups is 3. The molecule has 1 spiro atoms. The van der Waals surface area contributed by atoms with E-state index in [4.69, 9.17) is 4.74 Å². The molecule has 1 heterocycles. The lowest BCUT2D eigenvalue weighted by Crippen LogP contribution is -2.59. The Morgan fingerprint density at radius 1 is 1.07 bits per heavy atom. The van der Waals surface area contributed by atoms with Gasteiger partial charge in [0.05, 0.1) is 23.8 Å². The van der Waals surface area contributed by atoms with Crippen LogP contribution >= 0.6 is 21.6 Å². The van der Waals surface area contributed by atoms with Crippen molar-refractivity contribution >= 4 is 27.3 Å². The topological polar surface area (TPSA) is 82.0 Å². The first-order chi connectivity index (χ1) is 20.6. The fraction of sp³-hybridized carbons (Fsp3) is 0.778. The van der Waals surface area contributed by atoms with Crippen LogP contribution in [0.15, 0.2) is 30.0 Å². The molecule has 0 amide bonds. The van der Waals surface area contributed by atoms with Crippen LogP contribution < -0.4 is 5.32 Å². The molecule has 1 aliphatic heterocycles. The van der Waals surface area contributed by atoms with Gasteiger partial charge in [-0.25, -0.2) is 0 Å². The quantitative estimate of drug-likeness (QED) is 0.260. The molecule has 5 saturated carbocycles. The van der Waals surface area contributed by atoms with E-state index < -0.39 is 11.7 Å². The second kappa shape index (κ2) is 10.1. The van der Waals surface area contributed by atoms with Crippen LogP contribution in [0.3, 0.4) is 0 Å². The zero-order valence-electron chi connectivity index (χ0n) is 26.4. The van der Waals surface area contributed by atoms with Crippen molar-refractivity contribution in [2.75, 3.05) is 18.2 Å². The third kappa shape index (κ3) is 3.72. The largest absolute Gasteiger partial charge is 0.512 e. The summed E-state index contributed by atoms with van der Waals surface area (Å²) >= 11 is 0. The van der Waals surface area contributed by atoms with Gasteiger partial charge < -0.3 is 25.4 Å². The Bertz CT molecular complexity index is 1320. The zero-order chi connectivity index (χ0) is 29.9. The van der Waals surface area contributed by atoms with Gasteiger partial charge in [0.1, 0.15) is 11.7 Å². The van der Waals surface area contributed by atoms with E-state index in [1.807, 2.05) is 16.9 Å². The molecule has 5 nitrogen and oxygen atoms in total. The van der Waals surface area contributed by atoms with Crippen molar-refractivity contribution in [2.45, 2.75) is 114 Å². The minimum Gasteiger partial charge on any atom is -0.512 e. The van der Waals surface area contributed by atoms with E-state index in [9.17, 15) is 15.3 Å². The number of ether oxygens (including phenoxy) is 1. The highest BCUT2D eigenvalue weighted by Gasteiger charge is 2.86. The number of hydrogen-bond donors (Lipinski definition) is 4. The average molecular weight is 626 g/mol. The van der Waals surface area contributed by atoms with Crippen molar-refractivity contribution in [1.82, 2.24) is 0 Å². The van der Waals surface area contributed by atoms with E-state index in [-0.39, 0.29) is 34.3 Å². The van der Waals surface area contributed by atoms with Gasteiger partial charge in [0.15, 0.2) is 0 Å². The SMILES string of the molecule is CCc1ccc2cc1NC1C(O)CCCC1SSCC1CC3(CCC4CC5(C)C6(O)C(OC)C=C(O)C6C4C35C)CC1C2. The molecular weight excluding hydrogens is 575 g/mol. The standard InChI is InChI=1S/C36H51NO4S2/c1-5-21-10-9-20-13-23-17-35(18-24(23)19-42-43-28-8-6-7-26(38)32(28)37-25(21)14-20)12-11-22-16-33(2)34(35,3)30(22)31-27(39)15-29(41-4)36(31,33)40/h9-10,14-15,22-24,26,28-32,37-40H,5-8,11-13,16-19H2,1-4H3. The van der Waals surface area contributed by atoms with Crippen molar-refractivity contribution in [1.29, 1.82) is 0 Å². The fourth-order valence-corrected chi connectivity index (χ4v) is 16.2. The first-order valence-electron chi connectivity index (χ1n) is 17.1. The van der Waals surface area contributed by atoms with Crippen molar-refractivity contribution < 1.29 is 20.1 Å². The molecule has 7 aliphatic rings. The van der Waals surface area contributed by atoms with E-state index in [2.05, 4.69) is 55.1 Å². The van der Waals surface area contributed by atoms with E-state index >= 15 is 0 Å². The van der Waals surface area contributed by atoms with Crippen LogP contribution in [0.1, 0.15) is 83.3 Å². The van der Waals surface area contributed by atoms with E-state index in [1.54, 1.807) is 7.11 Å². The van der Waals surface area contributed by atoms with E-state index in [1.165, 1.54) is 42.5 Å². The van der Waals surface area contributed by atoms with Gasteiger partial charge >= 0.3 is 0 Å². The Hall–Kier alpha value is -0.860. The maximum Gasteiger partial charge on any atom is 0.110 e. The number of aliphatic hydroxyl groups excluding tert-OH is 2. The Morgan fingerprint density at radius 2 is 1.88 bits per heavy atom. The van der Waals surface area contributed by atoms with E-state index in [0.29, 0.717) is 34.7 Å². The average Bonchev–Trinajstić information content (AvgIpc) is 3.57. The molecule has 1 aromatic rings. The molecular formula is C36H51NO4S2. The van der Waals surface area contributed by atoms with Gasteiger partial charge in [-0.3, -0.25) is 0 Å². The molecule has 6 aliphatic carbocycles. The molecule has 13 atom stereocenters. The van der Waals surface area contributed by atoms with Crippen LogP contribution in [-0.4, -0.2) is 57.3 Å². The molecule has 1 aromatic carbocycles. The Kier molecular flexibility index (Phi) is 6.92. The molecule has 13 unspecified atom stereocenters. The molecule has 7 heteroatoms. The number of anilines is 1. The lowest BCUT2D eigenvalue weighted by atomic mass is 9.48. The summed E-state index contributed by atoms with van der Waals surface area (Å²) in [7, 11) is 5.78. The third-order valence-electron chi connectivity index (χ3n) is 14.8. The molecule has 4 N–H and O–H groups in total. The second-order valence-electron chi connectivity index (χ2n) is 16.0. The molecule has 0 aromatic heterocycles. The highest BCUT2D eigenvalue weighted by atomic mass is 33.1. The Morgan fingerprint density at radius 3 is 2.67 bits per heavy atom. The smallest absolute Gasteiger partial charge is 0.110 e. The Balaban J connectivity index is 1.17. The summed E-state index contributed by atoms with van der Waals surface area (Å²) in [5.41, 5.74) is 2.77. The van der Waals surface area contributed by atoms with Gasteiger partial charge in [-0.15, -0.1) is 0 Å². The van der Waals surface area contributed by atoms with Crippen molar-refractivity contribution in [2.24, 2.45) is 45.8 Å². The summed E-state index contributed by atoms with van der Waals surface area (Å²) in [4.78, 5) is 0. The van der Waals surface area contributed by atoms with Gasteiger partial charge in [0.25, 0.3) is 0 Å². The van der Waals surface area contributed by atoms with Crippen LogP contribution in [0.2, 0.25) is 0 Å². The summed E-state index contributed by atoms with van der Waals surface area (Å²) < 4.78 is 5.92. The molecule has 6 bridgehead atoms. The number of benzene rings is 1. The Labute approximate surface area is 265 Å². The van der Waals surface area contributed by atoms with Gasteiger partial charge in [0, 0.05) is 29.2 Å². The number of aryl methyl sites for hydroxylation is 1. The molecule has 236 valence electrons. The lowest BCUT2D eigenvalue weighted by Gasteiger charge is -2.57. The number of nitrogens with one attached hydrogen (secondary N) is 1. The van der Waals surface area contributed by atoms with Gasteiger partial charge in [-0.2, -0.15) is 0 Å². The zero-order valence-corrected chi connectivity index (χ0v) is 28.0. The fourth-order valence-electron chi connectivity index (χ4n) is 12.8. The molecule has 8 rings (SSSR count). The van der Waals surface area contributed by atoms with Crippen LogP contribution in [0.25, 0.3) is 0 Å². The van der Waals surface area contributed by atoms with Crippen molar-refractivity contribution in [3.8, 4) is 0 Å². The van der Waals surface area contributed by atoms with Crippen LogP contribution in [-0.2, 0) is 17.6 Å². The predicted octanol–water partition coefficient (Wildman–Crippen LogP) is 7.17. The number of methoxy groups -OCH3 is 1. The van der Waals surface area contributed by atoms with Gasteiger partial charge in [0.2, 0.25) is 0 Å². The van der Waals surface area contributed by atoms with Crippen LogP contribution in [0.5, 0.6) is 0 Å². The van der Waals surface area contributed by atoms with E-state index in [0.717, 1.165) is 44.3 Å². The first-order valence-corrected chi connectivity index (χ1v) is 19.5. The summed E-state index contributed by atoms with van der Waals surface area (Å²) in [5, 5.41) is 39.3. The monoisotopic (exact) mass is 625 g/mol. The van der Waals surface area contributed by atoms with Crippen molar-refractivity contribution in [3.63, 3.8) is 0 Å². The molecule has 43 heavy (non-hydrogen) atoms. The number of rotatable bonds is 2. The van der Waals surface area contributed by atoms with Crippen LogP contribution in [0, 0.1) is 45.8 Å². The summed E-state index contributed by atoms with van der Waals surface area (Å²) in [5.74, 6) is 3.43. The molecule has 0 radical (unpaired) electrons. The highest BCUT2D eigenvalue weighted by molar-refractivity contribution is 8.77. The minimum absolute atomic E-state index is 0.0442. The number of hydrogen-bond acceptors (Lipinski definition) is 7. The summed E-state index contributed by atoms with van der Waals surface area (Å²) in [6.45, 7) is 7.14. The second-order valence-corrected chi connectivity index (χ2v) is 18.6. The molecule has 5 fully saturated rings. The minimum atomic E-state index is -1.04. The van der Waals surface area contributed by atoms with Crippen molar-refractivity contribution in [3.05, 3.63) is 41.2 Å². The summed E-state index contributed by atoms with van der Waals surface area (Å²) in [6.07, 6.45) is 12.2. The number of fused-ring (bicyclic) bond motifs is 6. The first kappa shape index (κ1) is 29.5.